The summed E-state index contributed by atoms with van der Waals surface area (Å²) in [5.41, 5.74) is 0.116. The molecule has 0 spiro atoms. The van der Waals surface area contributed by atoms with E-state index in [2.05, 4.69) is 4.74 Å². The third-order valence-electron chi connectivity index (χ3n) is 1.02. The highest BCUT2D eigenvalue weighted by molar-refractivity contribution is 5.04. The summed E-state index contributed by atoms with van der Waals surface area (Å²) >= 11 is 0. The fourth-order valence-electron chi connectivity index (χ4n) is 0.562. The van der Waals surface area contributed by atoms with E-state index in [0.717, 1.165) is 6.26 Å². The highest BCUT2D eigenvalue weighted by atomic mass is 19.3. The van der Waals surface area contributed by atoms with Crippen molar-refractivity contribution in [3.05, 3.63) is 11.8 Å². The van der Waals surface area contributed by atoms with Gasteiger partial charge in [0.25, 0.3) is 6.43 Å². The SMILES string of the molecule is FC(F)C1=COCC1. The average molecular weight is 120 g/mol. The highest BCUT2D eigenvalue weighted by Crippen LogP contribution is 2.17. The maximum Gasteiger partial charge on any atom is 0.263 e. The van der Waals surface area contributed by atoms with Crippen molar-refractivity contribution in [2.24, 2.45) is 0 Å². The summed E-state index contributed by atoms with van der Waals surface area (Å²) in [6.07, 6.45) is -0.792. The van der Waals surface area contributed by atoms with Crippen LogP contribution in [0.5, 0.6) is 0 Å². The molecule has 0 aromatic heterocycles. The lowest BCUT2D eigenvalue weighted by Gasteiger charge is -1.91. The molecule has 0 amide bonds. The van der Waals surface area contributed by atoms with E-state index < -0.39 is 6.43 Å². The number of ether oxygens (including phenoxy) is 1. The van der Waals surface area contributed by atoms with Crippen molar-refractivity contribution in [3.8, 4) is 0 Å². The predicted octanol–water partition coefficient (Wildman–Crippen LogP) is 1.56. The lowest BCUT2D eigenvalue weighted by atomic mass is 10.2. The van der Waals surface area contributed by atoms with Crippen LogP contribution in [-0.2, 0) is 4.74 Å². The second-order valence-corrected chi connectivity index (χ2v) is 1.61. The lowest BCUT2D eigenvalue weighted by molar-refractivity contribution is 0.187. The van der Waals surface area contributed by atoms with Gasteiger partial charge in [0.05, 0.1) is 12.9 Å². The van der Waals surface area contributed by atoms with Gasteiger partial charge in [0.1, 0.15) is 0 Å². The molecule has 1 heterocycles. The van der Waals surface area contributed by atoms with Gasteiger partial charge < -0.3 is 4.74 Å². The van der Waals surface area contributed by atoms with Crippen molar-refractivity contribution in [1.29, 1.82) is 0 Å². The van der Waals surface area contributed by atoms with Crippen molar-refractivity contribution in [2.75, 3.05) is 6.61 Å². The lowest BCUT2D eigenvalue weighted by Crippen LogP contribution is -1.92. The van der Waals surface area contributed by atoms with Crippen LogP contribution in [0.15, 0.2) is 11.8 Å². The fourth-order valence-corrected chi connectivity index (χ4v) is 0.562. The van der Waals surface area contributed by atoms with Gasteiger partial charge in [-0.1, -0.05) is 0 Å². The molecule has 0 unspecified atom stereocenters. The average Bonchev–Trinajstić information content (AvgIpc) is 2.12. The number of hydrogen-bond acceptors (Lipinski definition) is 1. The van der Waals surface area contributed by atoms with E-state index >= 15 is 0 Å². The molecule has 1 aliphatic heterocycles. The van der Waals surface area contributed by atoms with Crippen LogP contribution >= 0.6 is 0 Å². The molecule has 1 nitrogen and oxygen atoms in total. The van der Waals surface area contributed by atoms with Crippen LogP contribution in [0, 0.1) is 0 Å². The molecule has 1 rings (SSSR count). The van der Waals surface area contributed by atoms with E-state index in [4.69, 9.17) is 0 Å². The Bertz CT molecular complexity index is 109. The van der Waals surface area contributed by atoms with Crippen LogP contribution in [0.1, 0.15) is 6.42 Å². The van der Waals surface area contributed by atoms with Crippen LogP contribution in [0.4, 0.5) is 8.78 Å². The minimum Gasteiger partial charge on any atom is -0.501 e. The Labute approximate surface area is 45.9 Å². The molecule has 0 atom stereocenters. The summed E-state index contributed by atoms with van der Waals surface area (Å²) < 4.78 is 27.8. The van der Waals surface area contributed by atoms with Gasteiger partial charge in [0, 0.05) is 12.0 Å². The smallest absolute Gasteiger partial charge is 0.263 e. The van der Waals surface area contributed by atoms with Crippen molar-refractivity contribution < 1.29 is 13.5 Å². The molecule has 3 heteroatoms. The largest absolute Gasteiger partial charge is 0.501 e. The first-order chi connectivity index (χ1) is 3.80. The molecule has 46 valence electrons. The van der Waals surface area contributed by atoms with Gasteiger partial charge in [-0.25, -0.2) is 8.78 Å². The molecular formula is C5H6F2O. The summed E-state index contributed by atoms with van der Waals surface area (Å²) in [6.45, 7) is 0.416. The maximum absolute atomic E-state index is 11.6. The first kappa shape index (κ1) is 5.54. The van der Waals surface area contributed by atoms with E-state index in [1.165, 1.54) is 0 Å². The van der Waals surface area contributed by atoms with E-state index in [0.29, 0.717) is 13.0 Å². The van der Waals surface area contributed by atoms with E-state index in [-0.39, 0.29) is 5.57 Å². The molecule has 0 N–H and O–H groups in total. The first-order valence-electron chi connectivity index (χ1n) is 2.39. The number of hydrogen-bond donors (Lipinski definition) is 0. The Morgan fingerprint density at radius 1 is 1.62 bits per heavy atom. The Morgan fingerprint density at radius 3 is 2.62 bits per heavy atom. The highest BCUT2D eigenvalue weighted by Gasteiger charge is 2.14. The molecule has 0 aromatic rings. The third kappa shape index (κ3) is 0.967. The fraction of sp³-hybridized carbons (Fsp3) is 0.600. The Kier molecular flexibility index (Phi) is 1.46. The first-order valence-corrected chi connectivity index (χ1v) is 2.39. The normalized spacial score (nSPS) is 18.6. The quantitative estimate of drug-likeness (QED) is 0.510. The Morgan fingerprint density at radius 2 is 2.38 bits per heavy atom. The Hall–Kier alpha value is -0.600. The molecule has 1 aliphatic rings. The molecule has 0 aliphatic carbocycles. The van der Waals surface area contributed by atoms with E-state index in [1.54, 1.807) is 0 Å². The second kappa shape index (κ2) is 2.11. The van der Waals surface area contributed by atoms with Crippen LogP contribution in [0.25, 0.3) is 0 Å². The summed E-state index contributed by atoms with van der Waals surface area (Å²) in [4.78, 5) is 0. The van der Waals surface area contributed by atoms with E-state index in [1.807, 2.05) is 0 Å². The minimum atomic E-state index is -2.32. The Balaban J connectivity index is 2.45. The molecule has 0 fully saturated rings. The number of rotatable bonds is 1. The van der Waals surface area contributed by atoms with Crippen molar-refractivity contribution in [3.63, 3.8) is 0 Å². The molecule has 0 radical (unpaired) electrons. The molecule has 0 saturated carbocycles. The van der Waals surface area contributed by atoms with Crippen molar-refractivity contribution in [2.45, 2.75) is 12.8 Å². The van der Waals surface area contributed by atoms with Gasteiger partial charge in [-0.3, -0.25) is 0 Å². The third-order valence-corrected chi connectivity index (χ3v) is 1.02. The topological polar surface area (TPSA) is 9.23 Å². The van der Waals surface area contributed by atoms with Gasteiger partial charge >= 0.3 is 0 Å². The number of alkyl halides is 2. The van der Waals surface area contributed by atoms with Crippen molar-refractivity contribution >= 4 is 0 Å². The molecule has 0 saturated heterocycles. The molecule has 8 heavy (non-hydrogen) atoms. The van der Waals surface area contributed by atoms with E-state index in [9.17, 15) is 8.78 Å². The summed E-state index contributed by atoms with van der Waals surface area (Å²) in [5.74, 6) is 0. The van der Waals surface area contributed by atoms with Crippen molar-refractivity contribution in [1.82, 2.24) is 0 Å². The van der Waals surface area contributed by atoms with Gasteiger partial charge in [-0.05, 0) is 0 Å². The zero-order valence-corrected chi connectivity index (χ0v) is 4.23. The van der Waals surface area contributed by atoms with Gasteiger partial charge in [0.15, 0.2) is 0 Å². The predicted molar refractivity (Wildman–Crippen MR) is 24.7 cm³/mol. The molecular weight excluding hydrogens is 114 g/mol. The van der Waals surface area contributed by atoms with Gasteiger partial charge in [-0.2, -0.15) is 0 Å². The van der Waals surface area contributed by atoms with Crippen LogP contribution in [0.2, 0.25) is 0 Å². The van der Waals surface area contributed by atoms with Crippen LogP contribution < -0.4 is 0 Å². The van der Waals surface area contributed by atoms with Crippen LogP contribution in [0.3, 0.4) is 0 Å². The zero-order valence-electron chi connectivity index (χ0n) is 4.23. The molecule has 0 bridgehead atoms. The van der Waals surface area contributed by atoms with Gasteiger partial charge in [-0.15, -0.1) is 0 Å². The second-order valence-electron chi connectivity index (χ2n) is 1.61. The standard InChI is InChI=1S/C5H6F2O/c6-5(7)4-1-2-8-3-4/h3,5H,1-2H2. The summed E-state index contributed by atoms with van der Waals surface area (Å²) in [6, 6.07) is 0. The van der Waals surface area contributed by atoms with Crippen LogP contribution in [-0.4, -0.2) is 13.0 Å². The summed E-state index contributed by atoms with van der Waals surface area (Å²) in [7, 11) is 0. The maximum atomic E-state index is 11.6. The minimum absolute atomic E-state index is 0.116. The zero-order chi connectivity index (χ0) is 5.98. The number of halogens is 2. The van der Waals surface area contributed by atoms with Gasteiger partial charge in [0.2, 0.25) is 0 Å². The molecule has 0 aromatic carbocycles. The monoisotopic (exact) mass is 120 g/mol. The summed E-state index contributed by atoms with van der Waals surface area (Å²) in [5, 5.41) is 0.